The molecule has 1 aromatic carbocycles. The van der Waals surface area contributed by atoms with E-state index in [0.29, 0.717) is 0 Å². The average Bonchev–Trinajstić information content (AvgIpc) is 2.89. The van der Waals surface area contributed by atoms with E-state index < -0.39 is 0 Å². The average molecular weight is 463 g/mol. The first kappa shape index (κ1) is 16.9. The molecular weight excluding hydrogens is 443 g/mol. The molecule has 0 fully saturated rings. The van der Waals surface area contributed by atoms with Crippen LogP contribution in [0.15, 0.2) is 29.0 Å². The minimum Gasteiger partial charge on any atom is -0.310 e. The maximum Gasteiger partial charge on any atom is 0.138 e. The lowest BCUT2D eigenvalue weighted by Crippen LogP contribution is -2.25. The Morgan fingerprint density at radius 1 is 1.38 bits per heavy atom. The van der Waals surface area contributed by atoms with Gasteiger partial charge in [-0.25, -0.2) is 4.98 Å². The standard InChI is InChI=1S/C15H20BrIN4/c1-3-7-21-15(19-10-20-21)9-14(18-4-2)12-8-11(16)5-6-13(12)17/h5-6,8,10,14,18H,3-4,7,9H2,1-2H3. The van der Waals surface area contributed by atoms with Crippen molar-refractivity contribution in [3.8, 4) is 0 Å². The fraction of sp³-hybridized carbons (Fsp3) is 0.467. The molecule has 0 bridgehead atoms. The highest BCUT2D eigenvalue weighted by atomic mass is 127. The van der Waals surface area contributed by atoms with Gasteiger partial charge in [-0.05, 0) is 59.3 Å². The van der Waals surface area contributed by atoms with E-state index in [-0.39, 0.29) is 6.04 Å². The Morgan fingerprint density at radius 2 is 2.19 bits per heavy atom. The first-order chi connectivity index (χ1) is 10.2. The van der Waals surface area contributed by atoms with Gasteiger partial charge in [-0.1, -0.05) is 29.8 Å². The summed E-state index contributed by atoms with van der Waals surface area (Å²) < 4.78 is 4.38. The Hall–Kier alpha value is -0.470. The quantitative estimate of drug-likeness (QED) is 0.633. The number of rotatable bonds is 7. The zero-order valence-corrected chi connectivity index (χ0v) is 16.1. The zero-order chi connectivity index (χ0) is 15.2. The normalized spacial score (nSPS) is 12.6. The summed E-state index contributed by atoms with van der Waals surface area (Å²) in [5.41, 5.74) is 1.30. The number of nitrogens with one attached hydrogen (secondary N) is 1. The van der Waals surface area contributed by atoms with Gasteiger partial charge >= 0.3 is 0 Å². The third-order valence-corrected chi connectivity index (χ3v) is 4.78. The number of nitrogens with zero attached hydrogens (tertiary/aromatic N) is 3. The molecule has 1 aromatic heterocycles. The summed E-state index contributed by atoms with van der Waals surface area (Å²) in [6.07, 6.45) is 3.57. The van der Waals surface area contributed by atoms with Gasteiger partial charge in [0.05, 0.1) is 0 Å². The molecule has 1 heterocycles. The fourth-order valence-corrected chi connectivity index (χ4v) is 3.44. The summed E-state index contributed by atoms with van der Waals surface area (Å²) in [5, 5.41) is 7.89. The third-order valence-electron chi connectivity index (χ3n) is 3.30. The molecule has 2 aromatic rings. The Balaban J connectivity index is 2.26. The highest BCUT2D eigenvalue weighted by Gasteiger charge is 2.17. The monoisotopic (exact) mass is 462 g/mol. The Labute approximate surface area is 148 Å². The summed E-state index contributed by atoms with van der Waals surface area (Å²) in [7, 11) is 0. The van der Waals surface area contributed by atoms with E-state index in [0.717, 1.165) is 36.2 Å². The number of aryl methyl sites for hydroxylation is 1. The largest absolute Gasteiger partial charge is 0.310 e. The molecule has 0 aliphatic heterocycles. The molecular formula is C15H20BrIN4. The molecule has 2 rings (SSSR count). The van der Waals surface area contributed by atoms with Gasteiger partial charge in [0.25, 0.3) is 0 Å². The maximum atomic E-state index is 4.43. The van der Waals surface area contributed by atoms with Crippen LogP contribution < -0.4 is 5.32 Å². The first-order valence-electron chi connectivity index (χ1n) is 7.20. The highest BCUT2D eigenvalue weighted by Crippen LogP contribution is 2.26. The molecule has 114 valence electrons. The summed E-state index contributed by atoms with van der Waals surface area (Å²) in [4.78, 5) is 4.43. The summed E-state index contributed by atoms with van der Waals surface area (Å²) in [5.74, 6) is 1.04. The van der Waals surface area contributed by atoms with E-state index in [9.17, 15) is 0 Å². The minimum absolute atomic E-state index is 0.249. The second-order valence-corrected chi connectivity index (χ2v) is 6.96. The van der Waals surface area contributed by atoms with Crippen LogP contribution in [0.1, 0.15) is 37.7 Å². The summed E-state index contributed by atoms with van der Waals surface area (Å²) in [6.45, 7) is 6.14. The van der Waals surface area contributed by atoms with Gasteiger partial charge in [0.1, 0.15) is 12.2 Å². The van der Waals surface area contributed by atoms with Crippen LogP contribution in [0.25, 0.3) is 0 Å². The molecule has 4 nitrogen and oxygen atoms in total. The predicted molar refractivity (Wildman–Crippen MR) is 97.3 cm³/mol. The molecule has 1 N–H and O–H groups in total. The molecule has 1 atom stereocenters. The Bertz CT molecular complexity index is 585. The van der Waals surface area contributed by atoms with Crippen LogP contribution in [0.4, 0.5) is 0 Å². The van der Waals surface area contributed by atoms with Crippen LogP contribution in [0.2, 0.25) is 0 Å². The fourth-order valence-electron chi connectivity index (χ4n) is 2.35. The lowest BCUT2D eigenvalue weighted by atomic mass is 10.0. The van der Waals surface area contributed by atoms with Crippen LogP contribution in [0, 0.1) is 3.57 Å². The van der Waals surface area contributed by atoms with Crippen molar-refractivity contribution in [2.75, 3.05) is 6.54 Å². The third kappa shape index (κ3) is 4.50. The van der Waals surface area contributed by atoms with Crippen molar-refractivity contribution in [1.82, 2.24) is 20.1 Å². The van der Waals surface area contributed by atoms with Crippen molar-refractivity contribution >= 4 is 38.5 Å². The number of halogens is 2. The van der Waals surface area contributed by atoms with Crippen LogP contribution in [0.3, 0.4) is 0 Å². The molecule has 0 amide bonds. The second-order valence-electron chi connectivity index (χ2n) is 4.88. The maximum absolute atomic E-state index is 4.43. The van der Waals surface area contributed by atoms with E-state index in [2.05, 4.69) is 86.0 Å². The zero-order valence-electron chi connectivity index (χ0n) is 12.3. The molecule has 0 spiro atoms. The van der Waals surface area contributed by atoms with Gasteiger partial charge in [-0.3, -0.25) is 4.68 Å². The lowest BCUT2D eigenvalue weighted by Gasteiger charge is -2.20. The van der Waals surface area contributed by atoms with E-state index in [1.165, 1.54) is 9.13 Å². The van der Waals surface area contributed by atoms with Gasteiger partial charge in [0, 0.05) is 27.1 Å². The molecule has 1 unspecified atom stereocenters. The SMILES string of the molecule is CCCn1ncnc1CC(NCC)c1cc(Br)ccc1I. The van der Waals surface area contributed by atoms with Crippen LogP contribution in [0.5, 0.6) is 0 Å². The van der Waals surface area contributed by atoms with E-state index in [1.54, 1.807) is 6.33 Å². The van der Waals surface area contributed by atoms with Gasteiger partial charge < -0.3 is 5.32 Å². The van der Waals surface area contributed by atoms with Crippen molar-refractivity contribution in [2.45, 2.75) is 39.3 Å². The van der Waals surface area contributed by atoms with Gasteiger partial charge in [-0.2, -0.15) is 5.10 Å². The van der Waals surface area contributed by atoms with Crippen LogP contribution >= 0.6 is 38.5 Å². The highest BCUT2D eigenvalue weighted by molar-refractivity contribution is 14.1. The van der Waals surface area contributed by atoms with Gasteiger partial charge in [0.2, 0.25) is 0 Å². The number of hydrogen-bond acceptors (Lipinski definition) is 3. The van der Waals surface area contributed by atoms with Gasteiger partial charge in [0.15, 0.2) is 0 Å². The van der Waals surface area contributed by atoms with E-state index in [1.807, 2.05) is 4.68 Å². The van der Waals surface area contributed by atoms with E-state index in [4.69, 9.17) is 0 Å². The van der Waals surface area contributed by atoms with Gasteiger partial charge in [-0.15, -0.1) is 0 Å². The number of hydrogen-bond donors (Lipinski definition) is 1. The van der Waals surface area contributed by atoms with Crippen molar-refractivity contribution in [1.29, 1.82) is 0 Å². The number of likely N-dealkylation sites (N-methyl/N-ethyl adjacent to an activating group) is 1. The summed E-state index contributed by atoms with van der Waals surface area (Å²) in [6, 6.07) is 6.66. The van der Waals surface area contributed by atoms with Crippen molar-refractivity contribution < 1.29 is 0 Å². The van der Waals surface area contributed by atoms with Crippen molar-refractivity contribution in [3.05, 3.63) is 44.0 Å². The molecule has 0 aliphatic rings. The Morgan fingerprint density at radius 3 is 2.90 bits per heavy atom. The number of benzene rings is 1. The van der Waals surface area contributed by atoms with Crippen molar-refractivity contribution in [2.24, 2.45) is 0 Å². The van der Waals surface area contributed by atoms with Crippen LogP contribution in [-0.4, -0.2) is 21.3 Å². The molecule has 6 heteroatoms. The molecule has 0 saturated heterocycles. The lowest BCUT2D eigenvalue weighted by molar-refractivity contribution is 0.497. The van der Waals surface area contributed by atoms with Crippen molar-refractivity contribution in [3.63, 3.8) is 0 Å². The predicted octanol–water partition coefficient (Wildman–Crippen LogP) is 3.95. The molecule has 0 saturated carbocycles. The van der Waals surface area contributed by atoms with E-state index >= 15 is 0 Å². The minimum atomic E-state index is 0.249. The molecule has 21 heavy (non-hydrogen) atoms. The summed E-state index contributed by atoms with van der Waals surface area (Å²) >= 11 is 5.96. The molecule has 0 radical (unpaired) electrons. The Kier molecular flexibility index (Phi) is 6.63. The molecule has 0 aliphatic carbocycles. The smallest absolute Gasteiger partial charge is 0.138 e. The number of aromatic nitrogens is 3. The van der Waals surface area contributed by atoms with Crippen LogP contribution in [-0.2, 0) is 13.0 Å². The first-order valence-corrected chi connectivity index (χ1v) is 9.07. The second kappa shape index (κ2) is 8.24. The topological polar surface area (TPSA) is 42.7 Å².